The molecule has 38 heavy (non-hydrogen) atoms. The first-order valence-electron chi connectivity index (χ1n) is 12.3. The van der Waals surface area contributed by atoms with Crippen LogP contribution in [0.2, 0.25) is 0 Å². The lowest BCUT2D eigenvalue weighted by Gasteiger charge is -2.33. The minimum absolute atomic E-state index is 0.00142. The molecule has 0 bridgehead atoms. The Morgan fingerprint density at radius 3 is 2.00 bits per heavy atom. The van der Waals surface area contributed by atoms with E-state index in [-0.39, 0.29) is 52.7 Å². The summed E-state index contributed by atoms with van der Waals surface area (Å²) in [6, 6.07) is 0. The molecule has 0 aromatic rings. The summed E-state index contributed by atoms with van der Waals surface area (Å²) in [6.45, 7) is 1.51. The third-order valence-electron chi connectivity index (χ3n) is 4.83. The molecule has 0 aromatic heterocycles. The van der Waals surface area contributed by atoms with Crippen molar-refractivity contribution in [2.45, 2.75) is 44.1 Å². The number of nitrogens with zero attached hydrogens (tertiary/aromatic N) is 1. The first-order chi connectivity index (χ1) is 18.2. The zero-order valence-corrected chi connectivity index (χ0v) is 24.2. The van der Waals surface area contributed by atoms with E-state index >= 15 is 0 Å². The molecule has 0 aromatic carbocycles. The van der Waals surface area contributed by atoms with E-state index in [1.165, 1.54) is 6.20 Å². The van der Waals surface area contributed by atoms with Crippen molar-refractivity contribution in [2.24, 2.45) is 10.8 Å². The number of phosphoric ester groups is 1. The lowest BCUT2D eigenvalue weighted by molar-refractivity contribution is -0.155. The SMILES string of the molecule is COCCCOCC(COCCCOP(=O)(O)OCCCC/C(=C/N)N=N)(CO[PH](=O)O)OCCCOC. The van der Waals surface area contributed by atoms with Gasteiger partial charge in [0.05, 0.1) is 38.7 Å². The van der Waals surface area contributed by atoms with Crippen molar-refractivity contribution >= 4 is 16.1 Å². The van der Waals surface area contributed by atoms with Gasteiger partial charge in [-0.3, -0.25) is 13.6 Å². The predicted octanol–water partition coefficient (Wildman–Crippen LogP) is 2.77. The Kier molecular flexibility index (Phi) is 23.5. The highest BCUT2D eigenvalue weighted by atomic mass is 31.2. The number of allylic oxidation sites excluding steroid dienone is 1. The Morgan fingerprint density at radius 1 is 0.921 bits per heavy atom. The maximum atomic E-state index is 12.0. The summed E-state index contributed by atoms with van der Waals surface area (Å²) >= 11 is 0. The van der Waals surface area contributed by atoms with Crippen LogP contribution in [0.15, 0.2) is 17.0 Å². The minimum atomic E-state index is -4.22. The number of nitrogens with one attached hydrogen (secondary N) is 1. The molecule has 0 amide bonds. The van der Waals surface area contributed by atoms with E-state index < -0.39 is 21.7 Å². The average Bonchev–Trinajstić information content (AvgIpc) is 2.89. The number of phosphoric acid groups is 1. The molecule has 0 radical (unpaired) electrons. The largest absolute Gasteiger partial charge is 0.472 e. The monoisotopic (exact) mass is 593 g/mol. The molecule has 0 saturated carbocycles. The van der Waals surface area contributed by atoms with Crippen LogP contribution in [0.3, 0.4) is 0 Å². The second kappa shape index (κ2) is 24.0. The zero-order valence-electron chi connectivity index (χ0n) is 22.3. The maximum Gasteiger partial charge on any atom is 0.472 e. The number of unbranched alkanes of at least 4 members (excludes halogenated alkanes) is 1. The summed E-state index contributed by atoms with van der Waals surface area (Å²) in [7, 11) is -4.27. The standard InChI is InChI=1S/C21H45N3O12P2/c1-29-9-5-11-31-17-21(19-34-37(25)26,33-13-6-10-30-2)18-32-12-7-15-36-38(27,28)35-14-4-3-8-20(16-22)24-23/h16,23,37H,3-15,17-19,22H2,1-2H3,(H,25,26)(H,27,28)/b20-16-,24-23?. The molecular weight excluding hydrogens is 548 g/mol. The topological polar surface area (TPSA) is 211 Å². The van der Waals surface area contributed by atoms with E-state index in [1.54, 1.807) is 14.2 Å². The number of hydrogen-bond donors (Lipinski definition) is 4. The fourth-order valence-electron chi connectivity index (χ4n) is 2.90. The highest BCUT2D eigenvalue weighted by molar-refractivity contribution is 7.47. The Morgan fingerprint density at radius 2 is 1.47 bits per heavy atom. The van der Waals surface area contributed by atoms with E-state index in [1.807, 2.05) is 0 Å². The van der Waals surface area contributed by atoms with Gasteiger partial charge in [0.1, 0.15) is 5.60 Å². The van der Waals surface area contributed by atoms with Crippen molar-refractivity contribution in [1.82, 2.24) is 0 Å². The molecule has 0 aliphatic rings. The molecule has 226 valence electrons. The summed E-state index contributed by atoms with van der Waals surface area (Å²) in [5, 5.41) is 3.25. The van der Waals surface area contributed by atoms with Gasteiger partial charge in [-0.1, -0.05) is 0 Å². The average molecular weight is 594 g/mol. The van der Waals surface area contributed by atoms with Crippen molar-refractivity contribution in [2.75, 3.05) is 80.3 Å². The lowest BCUT2D eigenvalue weighted by Crippen LogP contribution is -2.47. The molecule has 0 aliphatic heterocycles. The fraction of sp³-hybridized carbons (Fsp3) is 0.905. The van der Waals surface area contributed by atoms with Crippen LogP contribution in [0.4, 0.5) is 0 Å². The molecule has 0 fully saturated rings. The number of nitrogens with two attached hydrogens (primary N) is 1. The molecule has 0 heterocycles. The molecule has 0 aliphatic carbocycles. The number of methoxy groups -OCH3 is 2. The first kappa shape index (κ1) is 37.2. The summed E-state index contributed by atoms with van der Waals surface area (Å²) in [4.78, 5) is 19.0. The van der Waals surface area contributed by atoms with Crippen LogP contribution in [0.25, 0.3) is 0 Å². The van der Waals surface area contributed by atoms with E-state index in [9.17, 15) is 18.9 Å². The normalized spacial score (nSPS) is 16.2. The van der Waals surface area contributed by atoms with E-state index in [0.29, 0.717) is 57.6 Å². The minimum Gasteiger partial charge on any atom is -0.403 e. The number of ether oxygens (including phenoxy) is 5. The third kappa shape index (κ3) is 21.1. The second-order valence-corrected chi connectivity index (χ2v) is 10.4. The summed E-state index contributed by atoms with van der Waals surface area (Å²) in [5.41, 5.74) is 11.5. The van der Waals surface area contributed by atoms with Crippen molar-refractivity contribution < 1.29 is 56.2 Å². The Bertz CT molecular complexity index is 704. The maximum absolute atomic E-state index is 12.0. The van der Waals surface area contributed by atoms with Gasteiger partial charge in [-0.25, -0.2) is 10.1 Å². The first-order valence-corrected chi connectivity index (χ1v) is 15.0. The van der Waals surface area contributed by atoms with E-state index in [0.717, 1.165) is 0 Å². The smallest absolute Gasteiger partial charge is 0.403 e. The summed E-state index contributed by atoms with van der Waals surface area (Å²) in [6.07, 6.45) is 4.27. The summed E-state index contributed by atoms with van der Waals surface area (Å²) in [5.74, 6) is 0. The highest BCUT2D eigenvalue weighted by Gasteiger charge is 2.33. The van der Waals surface area contributed by atoms with Crippen LogP contribution in [-0.2, 0) is 46.4 Å². The number of rotatable bonds is 28. The molecule has 3 atom stereocenters. The highest BCUT2D eigenvalue weighted by Crippen LogP contribution is 2.43. The Balaban J connectivity index is 4.58. The van der Waals surface area contributed by atoms with E-state index in [4.69, 9.17) is 48.5 Å². The zero-order chi connectivity index (χ0) is 28.5. The quantitative estimate of drug-likeness (QED) is 0.0585. The third-order valence-corrected chi connectivity index (χ3v) is 6.24. The van der Waals surface area contributed by atoms with Gasteiger partial charge in [-0.2, -0.15) is 5.11 Å². The van der Waals surface area contributed by atoms with Crippen molar-refractivity contribution in [3.05, 3.63) is 11.9 Å². The Hall–Kier alpha value is -0.800. The molecule has 0 rings (SSSR count). The van der Waals surface area contributed by atoms with Gasteiger partial charge < -0.3 is 43.7 Å². The van der Waals surface area contributed by atoms with Crippen LogP contribution >= 0.6 is 16.1 Å². The van der Waals surface area contributed by atoms with Gasteiger partial charge in [0.25, 0.3) is 0 Å². The Labute approximate surface area is 225 Å². The predicted molar refractivity (Wildman–Crippen MR) is 138 cm³/mol. The molecule has 0 saturated heterocycles. The van der Waals surface area contributed by atoms with Crippen LogP contribution in [0.5, 0.6) is 0 Å². The van der Waals surface area contributed by atoms with E-state index in [2.05, 4.69) is 5.11 Å². The lowest BCUT2D eigenvalue weighted by atomic mass is 10.1. The van der Waals surface area contributed by atoms with Crippen LogP contribution < -0.4 is 5.73 Å². The van der Waals surface area contributed by atoms with Crippen LogP contribution in [0, 0.1) is 5.53 Å². The second-order valence-electron chi connectivity index (χ2n) is 8.10. The van der Waals surface area contributed by atoms with Crippen molar-refractivity contribution in [3.63, 3.8) is 0 Å². The van der Waals surface area contributed by atoms with Gasteiger partial charge >= 0.3 is 16.1 Å². The summed E-state index contributed by atoms with van der Waals surface area (Å²) < 4.78 is 65.4. The van der Waals surface area contributed by atoms with Gasteiger partial charge in [0, 0.05) is 53.5 Å². The molecule has 17 heteroatoms. The van der Waals surface area contributed by atoms with Crippen molar-refractivity contribution in [3.8, 4) is 0 Å². The molecule has 5 N–H and O–H groups in total. The molecule has 0 spiro atoms. The van der Waals surface area contributed by atoms with Crippen molar-refractivity contribution in [1.29, 1.82) is 5.53 Å². The van der Waals surface area contributed by atoms with Gasteiger partial charge in [-0.15, -0.1) is 0 Å². The molecule has 3 unspecified atom stereocenters. The van der Waals surface area contributed by atoms with Crippen LogP contribution in [0.1, 0.15) is 38.5 Å². The fourth-order valence-corrected chi connectivity index (χ4v) is 4.08. The van der Waals surface area contributed by atoms with Gasteiger partial charge in [0.15, 0.2) is 0 Å². The molecule has 15 nitrogen and oxygen atoms in total. The number of hydrogen-bond acceptors (Lipinski definition) is 13. The molecular formula is C21H45N3O12P2. The van der Waals surface area contributed by atoms with Gasteiger partial charge in [0.2, 0.25) is 0 Å². The van der Waals surface area contributed by atoms with Crippen LogP contribution in [-0.4, -0.2) is 95.7 Å². The van der Waals surface area contributed by atoms with Gasteiger partial charge in [-0.05, 0) is 38.5 Å².